The Morgan fingerprint density at radius 3 is 0.960 bits per heavy atom. The molecule has 9 heterocycles. The number of carbonyl (C=O) groups is 2. The SMILES string of the molecule is CN(CCO)c1ccc2c(=O)n3c4ccccc4nc3c3cccc1c23.CN(CCO)c1ccc2c3c1cccc3c(=O)n1c3ccccc3nc21.CNCCO.Nc1ccccc1N.O=C1OC(=O)c2ccc(Cl)c3cccc1c23.O=c1c2ccc(Cl)c3cccc(c32)c2nc3ccccc3n12.O=c1c2cccc3c(Cl)ccc(c32)c2nc3ccccc3n12. The fourth-order valence-corrected chi connectivity index (χ4v) is 17.5. The van der Waals surface area contributed by atoms with Crippen molar-refractivity contribution in [3.8, 4) is 0 Å². The molecule has 1 aliphatic heterocycles. The molecule has 0 saturated carbocycles. The molecule has 15 aromatic carbocycles. The molecule has 125 heavy (non-hydrogen) atoms. The van der Waals surface area contributed by atoms with E-state index in [9.17, 15) is 39.0 Å². The molecule has 616 valence electrons. The number of cyclic esters (lactones) is 2. The molecule has 0 spiro atoms. The minimum Gasteiger partial charge on any atom is -0.397 e. The molecule has 8 aromatic heterocycles. The number of pyridine rings is 4. The minimum absolute atomic E-state index is 0.0474. The highest BCUT2D eigenvalue weighted by Crippen LogP contribution is 2.41. The van der Waals surface area contributed by atoms with Crippen LogP contribution >= 0.6 is 34.8 Å². The number of nitrogen functional groups attached to an aromatic ring is 2. The van der Waals surface area contributed by atoms with Gasteiger partial charge in [-0.1, -0.05) is 168 Å². The molecule has 1 aliphatic rings. The summed E-state index contributed by atoms with van der Waals surface area (Å²) in [4.78, 5) is 98.2. The highest BCUT2D eigenvalue weighted by molar-refractivity contribution is 6.39. The van der Waals surface area contributed by atoms with E-state index >= 15 is 0 Å². The van der Waals surface area contributed by atoms with Gasteiger partial charge in [0.1, 0.15) is 22.6 Å². The van der Waals surface area contributed by atoms with Crippen molar-refractivity contribution in [2.45, 2.75) is 0 Å². The lowest BCUT2D eigenvalue weighted by Gasteiger charge is -2.21. The summed E-state index contributed by atoms with van der Waals surface area (Å²) in [6, 6.07) is 85.1. The number of anilines is 4. The molecule has 0 fully saturated rings. The van der Waals surface area contributed by atoms with E-state index < -0.39 is 11.9 Å². The third kappa shape index (κ3) is 14.0. The average Bonchev–Trinajstić information content (AvgIpc) is 1.63. The summed E-state index contributed by atoms with van der Waals surface area (Å²) < 4.78 is 11.4. The van der Waals surface area contributed by atoms with Gasteiger partial charge in [0.25, 0.3) is 22.2 Å². The smallest absolute Gasteiger partial charge is 0.346 e. The first kappa shape index (κ1) is 81.2. The number of carbonyl (C=O) groups excluding carboxylic acids is 2. The van der Waals surface area contributed by atoms with Gasteiger partial charge in [-0.15, -0.1) is 0 Å². The Morgan fingerprint density at radius 1 is 0.320 bits per heavy atom. The average molecular weight is 1710 g/mol. The Kier molecular flexibility index (Phi) is 21.8. The quantitative estimate of drug-likeness (QED) is 0.0468. The maximum Gasteiger partial charge on any atom is 0.346 e. The summed E-state index contributed by atoms with van der Waals surface area (Å²) in [5, 5.41) is 46.4. The Morgan fingerprint density at radius 2 is 0.600 bits per heavy atom. The lowest BCUT2D eigenvalue weighted by Crippen LogP contribution is -2.22. The maximum atomic E-state index is 13.2. The zero-order valence-corrected chi connectivity index (χ0v) is 69.5. The first-order chi connectivity index (χ1) is 60.8. The molecule has 23 nitrogen and oxygen atoms in total. The van der Waals surface area contributed by atoms with Crippen molar-refractivity contribution in [2.24, 2.45) is 0 Å². The van der Waals surface area contributed by atoms with Crippen LogP contribution in [-0.2, 0) is 4.74 Å². The molecule has 0 bridgehead atoms. The number of hydrogen-bond acceptors (Lipinski definition) is 19. The lowest BCUT2D eigenvalue weighted by atomic mass is 9.97. The molecule has 0 atom stereocenters. The van der Waals surface area contributed by atoms with Gasteiger partial charge < -0.3 is 46.6 Å². The number of ether oxygens (including phenoxy) is 1. The van der Waals surface area contributed by atoms with Gasteiger partial charge in [0, 0.05) is 157 Å². The van der Waals surface area contributed by atoms with Crippen LogP contribution in [0.4, 0.5) is 22.7 Å². The van der Waals surface area contributed by atoms with Crippen LogP contribution in [0, 0.1) is 0 Å². The topological polar surface area (TPSA) is 312 Å². The first-order valence-electron chi connectivity index (χ1n) is 39.9. The molecule has 0 amide bonds. The standard InChI is InChI=1S/2C21H17N3O2.2C18H9ClN2O.C12H5ClO3.C6H8N2.C3H9NO/c1-23(11-12-25)17-10-9-14-19-13(17)5-4-6-15(19)21(26)24-18-8-3-2-7-16(18)22-20(14)24;1-23(11-12-25)17-10-9-15-19-13(17)5-4-6-14(19)20-22-16-7-2-3-8-18(16)24(20)21(15)26;19-13-9-8-11-16-10(13)4-3-5-12(16)18(22)21-15-7-2-1-6-14(15)20-17(11)21;19-13-9-8-12-16-10(13)4-3-5-11(16)17-20-14-6-1-2-7-15(14)21(17)18(12)22;13-9-5-4-8-10-6(9)2-1-3-7(10)11(14)16-12(8)15;7-5-3-1-2-4-6(5)8;1-4-2-3-5/h2*2-10,25H,11-12H2,1H3;2*1-9H;1-5H;1-4H,7-8H2;4-5H,2-3H2,1H3. The van der Waals surface area contributed by atoms with Gasteiger partial charge in [0.05, 0.1) is 86.5 Å². The molecule has 0 unspecified atom stereocenters. The molecule has 24 rings (SSSR count). The Balaban J connectivity index is 0.000000103. The zero-order chi connectivity index (χ0) is 86.7. The number of para-hydroxylation sites is 10. The lowest BCUT2D eigenvalue weighted by molar-refractivity contribution is 0.0391. The van der Waals surface area contributed by atoms with Gasteiger partial charge in [-0.3, -0.25) is 36.8 Å². The van der Waals surface area contributed by atoms with Crippen molar-refractivity contribution >= 4 is 233 Å². The second kappa shape index (κ2) is 33.6. The molecule has 0 saturated heterocycles. The molecule has 0 aliphatic carbocycles. The highest BCUT2D eigenvalue weighted by atomic mass is 35.5. The second-order valence-corrected chi connectivity index (χ2v) is 31.1. The number of nitrogens with zero attached hydrogens (tertiary/aromatic N) is 10. The van der Waals surface area contributed by atoms with Gasteiger partial charge in [0.15, 0.2) is 0 Å². The van der Waals surface area contributed by atoms with Crippen LogP contribution in [0.5, 0.6) is 0 Å². The number of likely N-dealkylation sites (N-methyl/N-ethyl adjacent to an activating group) is 3. The Labute approximate surface area is 723 Å². The van der Waals surface area contributed by atoms with Crippen LogP contribution in [0.1, 0.15) is 20.7 Å². The van der Waals surface area contributed by atoms with Gasteiger partial charge >= 0.3 is 11.9 Å². The normalized spacial score (nSPS) is 11.9. The van der Waals surface area contributed by atoms with Crippen LogP contribution in [-0.4, -0.2) is 125 Å². The first-order valence-corrected chi connectivity index (χ1v) is 41.1. The van der Waals surface area contributed by atoms with E-state index in [0.29, 0.717) is 112 Å². The van der Waals surface area contributed by atoms with E-state index in [1.165, 1.54) is 0 Å². The fourth-order valence-electron chi connectivity index (χ4n) is 16.8. The predicted octanol–water partition coefficient (Wildman–Crippen LogP) is 17.4. The largest absolute Gasteiger partial charge is 0.397 e. The molecular weight excluding hydrogens is 1640 g/mol. The zero-order valence-electron chi connectivity index (χ0n) is 67.2. The number of halogens is 3. The van der Waals surface area contributed by atoms with E-state index in [1.807, 2.05) is 242 Å². The number of aromatic nitrogens is 8. The van der Waals surface area contributed by atoms with Gasteiger partial charge in [-0.2, -0.15) is 0 Å². The van der Waals surface area contributed by atoms with Crippen LogP contribution in [0.15, 0.2) is 292 Å². The summed E-state index contributed by atoms with van der Waals surface area (Å²) in [6.45, 7) is 2.15. The van der Waals surface area contributed by atoms with E-state index in [1.54, 1.807) is 79.2 Å². The fraction of sp³-hybridized carbons (Fsp3) is 0.0909. The molecule has 23 aromatic rings. The van der Waals surface area contributed by atoms with Crippen molar-refractivity contribution in [1.82, 2.24) is 42.9 Å². The number of fused-ring (bicyclic) bond motifs is 16. The van der Waals surface area contributed by atoms with E-state index in [2.05, 4.69) is 20.0 Å². The number of aliphatic hydroxyl groups excluding tert-OH is 3. The summed E-state index contributed by atoms with van der Waals surface area (Å²) in [7, 11) is 5.69. The van der Waals surface area contributed by atoms with Crippen LogP contribution in [0.2, 0.25) is 15.1 Å². The number of benzene rings is 15. The summed E-state index contributed by atoms with van der Waals surface area (Å²) in [5.41, 5.74) is 24.0. The number of esters is 2. The number of hydrogen-bond donors (Lipinski definition) is 6. The summed E-state index contributed by atoms with van der Waals surface area (Å²) >= 11 is 18.6. The van der Waals surface area contributed by atoms with Crippen molar-refractivity contribution in [3.05, 3.63) is 341 Å². The molecule has 8 N–H and O–H groups in total. The third-order valence-electron chi connectivity index (χ3n) is 22.6. The number of rotatable bonds is 8. The summed E-state index contributed by atoms with van der Waals surface area (Å²) in [5.74, 6) is -1.24. The number of nitrogens with two attached hydrogens (primary N) is 2. The minimum atomic E-state index is -0.620. The van der Waals surface area contributed by atoms with Gasteiger partial charge in [0.2, 0.25) is 0 Å². The van der Waals surface area contributed by atoms with Gasteiger partial charge in [-0.25, -0.2) is 29.5 Å². The number of aliphatic hydroxyl groups is 3. The Bertz CT molecular complexity index is 8150. The Hall–Kier alpha value is -14.8. The van der Waals surface area contributed by atoms with Crippen molar-refractivity contribution in [2.75, 3.05) is 81.9 Å². The van der Waals surface area contributed by atoms with Crippen LogP contribution in [0.25, 0.3) is 164 Å². The van der Waals surface area contributed by atoms with E-state index in [0.717, 1.165) is 120 Å². The van der Waals surface area contributed by atoms with Crippen molar-refractivity contribution < 1.29 is 29.6 Å². The molecular formula is C99H74Cl3N13O10. The second-order valence-electron chi connectivity index (χ2n) is 29.9. The monoisotopic (exact) mass is 1710 g/mol. The van der Waals surface area contributed by atoms with Crippen LogP contribution < -0.4 is 48.8 Å². The number of nitrogens with one attached hydrogen (secondary N) is 1. The van der Waals surface area contributed by atoms with E-state index in [-0.39, 0.29) is 42.1 Å². The molecule has 26 heteroatoms. The number of imidazole rings is 4. The van der Waals surface area contributed by atoms with Gasteiger partial charge in [-0.05, 0) is 147 Å². The maximum absolute atomic E-state index is 13.2. The van der Waals surface area contributed by atoms with Crippen molar-refractivity contribution in [1.29, 1.82) is 0 Å². The van der Waals surface area contributed by atoms with Crippen molar-refractivity contribution in [3.63, 3.8) is 0 Å². The predicted molar refractivity (Wildman–Crippen MR) is 506 cm³/mol. The third-order valence-corrected chi connectivity index (χ3v) is 23.6. The molecule has 0 radical (unpaired) electrons. The van der Waals surface area contributed by atoms with Crippen LogP contribution in [0.3, 0.4) is 0 Å². The highest BCUT2D eigenvalue weighted by Gasteiger charge is 2.29. The van der Waals surface area contributed by atoms with E-state index in [4.69, 9.17) is 61.3 Å². The summed E-state index contributed by atoms with van der Waals surface area (Å²) in [6.07, 6.45) is 0.